The summed E-state index contributed by atoms with van der Waals surface area (Å²) in [6.45, 7) is 2.59. The maximum Gasteiger partial charge on any atom is 0.250 e. The lowest BCUT2D eigenvalue weighted by Gasteiger charge is -2.31. The molecule has 0 unspecified atom stereocenters. The number of amides is 1. The number of rotatable bonds is 9. The van der Waals surface area contributed by atoms with Gasteiger partial charge < -0.3 is 10.7 Å². The Labute approximate surface area is 244 Å². The Kier molecular flexibility index (Phi) is 8.27. The number of fused-ring (bicyclic) bond motifs is 1. The van der Waals surface area contributed by atoms with Crippen LogP contribution in [0, 0.1) is 0 Å². The van der Waals surface area contributed by atoms with E-state index in [-0.39, 0.29) is 28.1 Å². The van der Waals surface area contributed by atoms with Crippen LogP contribution in [-0.4, -0.2) is 50.9 Å². The molecule has 4 aromatic rings. The van der Waals surface area contributed by atoms with Gasteiger partial charge in [-0.15, -0.1) is 0 Å². The number of nitrogens with one attached hydrogen (secondary N) is 2. The lowest BCUT2D eigenvalue weighted by atomic mass is 9.88. The number of piperidine rings is 1. The van der Waals surface area contributed by atoms with Crippen LogP contribution in [0.3, 0.4) is 0 Å². The summed E-state index contributed by atoms with van der Waals surface area (Å²) < 4.78 is 54.4. The minimum atomic E-state index is -3.83. The fourth-order valence-electron chi connectivity index (χ4n) is 5.36. The van der Waals surface area contributed by atoms with Gasteiger partial charge in [0.25, 0.3) is 5.91 Å². The molecule has 41 heavy (non-hydrogen) atoms. The van der Waals surface area contributed by atoms with Crippen molar-refractivity contribution in [2.75, 3.05) is 18.8 Å². The summed E-state index contributed by atoms with van der Waals surface area (Å²) >= 11 is 6.09. The summed E-state index contributed by atoms with van der Waals surface area (Å²) in [6, 6.07) is 17.4. The molecule has 0 atom stereocenters. The fraction of sp³-hybridized carbons (Fsp3) is 0.276. The second kappa shape index (κ2) is 11.6. The average molecular weight is 615 g/mol. The van der Waals surface area contributed by atoms with Crippen molar-refractivity contribution in [3.63, 3.8) is 0 Å². The first-order valence-electron chi connectivity index (χ1n) is 13.3. The zero-order valence-corrected chi connectivity index (χ0v) is 24.8. The molecule has 216 valence electrons. The smallest absolute Gasteiger partial charge is 0.250 e. The van der Waals surface area contributed by atoms with Gasteiger partial charge in [0.1, 0.15) is 4.90 Å². The van der Waals surface area contributed by atoms with Crippen molar-refractivity contribution in [2.45, 2.75) is 37.1 Å². The molecule has 9 nitrogen and oxygen atoms in total. The van der Waals surface area contributed by atoms with Gasteiger partial charge >= 0.3 is 0 Å². The molecule has 0 bridgehead atoms. The SMILES string of the molecule is CCS(=O)(=O)N1CCC(c2c[nH]c3c(C(N)=O)cc(-c4cccc(CNS(=O)(=O)c5ccccc5Cl)c4)cc23)CC1. The molecular weight excluding hydrogens is 584 g/mol. The molecule has 3 aromatic carbocycles. The van der Waals surface area contributed by atoms with E-state index in [0.717, 1.165) is 27.6 Å². The summed E-state index contributed by atoms with van der Waals surface area (Å²) in [5.41, 5.74) is 10.0. The third-order valence-electron chi connectivity index (χ3n) is 7.59. The fourth-order valence-corrected chi connectivity index (χ4v) is 8.03. The Hall–Kier alpha value is -3.22. The van der Waals surface area contributed by atoms with Crippen LogP contribution in [0.2, 0.25) is 5.02 Å². The van der Waals surface area contributed by atoms with Crippen LogP contribution in [0.25, 0.3) is 22.0 Å². The van der Waals surface area contributed by atoms with Crippen molar-refractivity contribution in [3.05, 3.63) is 88.6 Å². The second-order valence-electron chi connectivity index (χ2n) is 10.1. The minimum absolute atomic E-state index is 0.00693. The molecule has 1 aliphatic heterocycles. The number of halogens is 1. The second-order valence-corrected chi connectivity index (χ2v) is 14.5. The highest BCUT2D eigenvalue weighted by Gasteiger charge is 2.29. The number of nitrogens with two attached hydrogens (primary N) is 1. The number of nitrogens with zero attached hydrogens (tertiary/aromatic N) is 1. The zero-order valence-electron chi connectivity index (χ0n) is 22.4. The van der Waals surface area contributed by atoms with Crippen molar-refractivity contribution in [1.29, 1.82) is 0 Å². The highest BCUT2D eigenvalue weighted by atomic mass is 35.5. The molecule has 1 fully saturated rings. The number of hydrogen-bond acceptors (Lipinski definition) is 5. The molecule has 0 spiro atoms. The molecule has 1 amide bonds. The highest BCUT2D eigenvalue weighted by Crippen LogP contribution is 2.37. The normalized spacial score (nSPS) is 15.4. The van der Waals surface area contributed by atoms with Crippen LogP contribution in [0.4, 0.5) is 0 Å². The van der Waals surface area contributed by atoms with Crippen LogP contribution in [0.1, 0.15) is 47.2 Å². The van der Waals surface area contributed by atoms with Crippen molar-refractivity contribution in [1.82, 2.24) is 14.0 Å². The van der Waals surface area contributed by atoms with E-state index in [9.17, 15) is 21.6 Å². The Bertz CT molecular complexity index is 1830. The highest BCUT2D eigenvalue weighted by molar-refractivity contribution is 7.89. The predicted octanol–water partition coefficient (Wildman–Crippen LogP) is 4.59. The lowest BCUT2D eigenvalue weighted by Crippen LogP contribution is -2.38. The molecule has 1 saturated heterocycles. The average Bonchev–Trinajstić information content (AvgIpc) is 3.40. The molecule has 1 aliphatic rings. The molecule has 0 saturated carbocycles. The number of hydrogen-bond donors (Lipinski definition) is 3. The van der Waals surface area contributed by atoms with Gasteiger partial charge in [-0.2, -0.15) is 0 Å². The van der Waals surface area contributed by atoms with Crippen molar-refractivity contribution >= 4 is 48.5 Å². The van der Waals surface area contributed by atoms with E-state index in [1.807, 2.05) is 36.5 Å². The van der Waals surface area contributed by atoms with Crippen LogP contribution in [0.5, 0.6) is 0 Å². The lowest BCUT2D eigenvalue weighted by molar-refractivity contribution is 0.100. The van der Waals surface area contributed by atoms with E-state index in [4.69, 9.17) is 17.3 Å². The third-order valence-corrected chi connectivity index (χ3v) is 11.4. The van der Waals surface area contributed by atoms with Crippen molar-refractivity contribution < 1.29 is 21.6 Å². The number of H-pyrrole nitrogens is 1. The molecule has 12 heteroatoms. The molecule has 5 rings (SSSR count). The number of aromatic nitrogens is 1. The molecule has 4 N–H and O–H groups in total. The van der Waals surface area contributed by atoms with Crippen LogP contribution in [0.15, 0.2) is 71.8 Å². The van der Waals surface area contributed by atoms with Crippen molar-refractivity contribution in [3.8, 4) is 11.1 Å². The Morgan fingerprint density at radius 2 is 1.76 bits per heavy atom. The van der Waals surface area contributed by atoms with E-state index in [0.29, 0.717) is 37.0 Å². The Balaban J connectivity index is 1.44. The summed E-state index contributed by atoms with van der Waals surface area (Å²) in [5, 5.41) is 0.999. The van der Waals surface area contributed by atoms with Crippen LogP contribution in [-0.2, 0) is 26.6 Å². The van der Waals surface area contributed by atoms with Gasteiger partial charge in [0.05, 0.1) is 21.9 Å². The van der Waals surface area contributed by atoms with E-state index in [1.165, 1.54) is 12.1 Å². The van der Waals surface area contributed by atoms with Gasteiger partial charge in [-0.05, 0) is 78.3 Å². The summed E-state index contributed by atoms with van der Waals surface area (Å²) in [7, 11) is -7.07. The minimum Gasteiger partial charge on any atom is -0.366 e. The van der Waals surface area contributed by atoms with E-state index in [2.05, 4.69) is 9.71 Å². The maximum atomic E-state index is 12.8. The quantitative estimate of drug-likeness (QED) is 0.253. The first-order chi connectivity index (χ1) is 19.5. The van der Waals surface area contributed by atoms with Crippen molar-refractivity contribution in [2.24, 2.45) is 5.73 Å². The third kappa shape index (κ3) is 6.05. The first-order valence-corrected chi connectivity index (χ1v) is 16.7. The number of carbonyl (C=O) groups excluding carboxylic acids is 1. The van der Waals surface area contributed by atoms with Gasteiger partial charge in [-0.25, -0.2) is 25.9 Å². The van der Waals surface area contributed by atoms with Gasteiger partial charge in [-0.1, -0.05) is 41.9 Å². The molecule has 0 radical (unpaired) electrons. The van der Waals surface area contributed by atoms with Gasteiger partial charge in [0, 0.05) is 31.2 Å². The summed E-state index contributed by atoms with van der Waals surface area (Å²) in [5.74, 6) is -0.372. The van der Waals surface area contributed by atoms with Gasteiger partial charge in [0.2, 0.25) is 20.0 Å². The Morgan fingerprint density at radius 3 is 2.44 bits per heavy atom. The predicted molar refractivity (Wildman–Crippen MR) is 161 cm³/mol. The number of carbonyl (C=O) groups is 1. The van der Waals surface area contributed by atoms with Gasteiger partial charge in [0.15, 0.2) is 0 Å². The summed E-state index contributed by atoms with van der Waals surface area (Å²) in [6.07, 6.45) is 3.22. The van der Waals surface area contributed by atoms with Crippen LogP contribution >= 0.6 is 11.6 Å². The van der Waals surface area contributed by atoms with E-state index < -0.39 is 26.0 Å². The molecular formula is C29H31ClN4O5S2. The largest absolute Gasteiger partial charge is 0.366 e. The van der Waals surface area contributed by atoms with E-state index in [1.54, 1.807) is 29.4 Å². The maximum absolute atomic E-state index is 12.8. The number of aromatic amines is 1. The standard InChI is InChI=1S/C29H31ClN4O5S2/c1-2-40(36,37)34-12-10-20(11-13-34)25-18-32-28-23(25)15-22(16-24(28)29(31)35)21-7-5-6-19(14-21)17-33-41(38,39)27-9-4-3-8-26(27)30/h3-9,14-16,18,20,32-33H,2,10-13,17H2,1H3,(H2,31,35). The molecule has 1 aromatic heterocycles. The monoisotopic (exact) mass is 614 g/mol. The summed E-state index contributed by atoms with van der Waals surface area (Å²) in [4.78, 5) is 15.7. The number of primary amides is 1. The number of sulfonamides is 2. The van der Waals surface area contributed by atoms with Crippen LogP contribution < -0.4 is 10.5 Å². The topological polar surface area (TPSA) is 142 Å². The van der Waals surface area contributed by atoms with Gasteiger partial charge in [-0.3, -0.25) is 4.79 Å². The molecule has 0 aliphatic carbocycles. The Morgan fingerprint density at radius 1 is 1.02 bits per heavy atom. The first kappa shape index (κ1) is 29.3. The zero-order chi connectivity index (χ0) is 29.4. The van der Waals surface area contributed by atoms with E-state index >= 15 is 0 Å². The number of benzene rings is 3. The molecule has 2 heterocycles.